The van der Waals surface area contributed by atoms with Gasteiger partial charge >= 0.3 is 0 Å². The van der Waals surface area contributed by atoms with Crippen LogP contribution in [0.15, 0.2) is 78.5 Å². The molecule has 7 nitrogen and oxygen atoms in total. The Morgan fingerprint density at radius 2 is 1.59 bits per heavy atom. The second-order valence-electron chi connectivity index (χ2n) is 7.20. The van der Waals surface area contributed by atoms with E-state index in [-0.39, 0.29) is 23.4 Å². The molecule has 1 N–H and O–H groups in total. The van der Waals surface area contributed by atoms with E-state index in [1.54, 1.807) is 36.5 Å². The molecule has 32 heavy (non-hydrogen) atoms. The van der Waals surface area contributed by atoms with Gasteiger partial charge in [-0.15, -0.1) is 0 Å². The van der Waals surface area contributed by atoms with Gasteiger partial charge < -0.3 is 19.5 Å². The number of likely N-dealkylation sites (tertiary alicyclic amines) is 1. The van der Waals surface area contributed by atoms with Crippen molar-refractivity contribution >= 4 is 17.4 Å². The number of hydrogen-bond donors (Lipinski definition) is 1. The van der Waals surface area contributed by atoms with Crippen molar-refractivity contribution in [2.24, 2.45) is 0 Å². The van der Waals surface area contributed by atoms with Gasteiger partial charge in [-0.25, -0.2) is 0 Å². The second kappa shape index (κ2) is 8.93. The number of rotatable bonds is 6. The van der Waals surface area contributed by atoms with Gasteiger partial charge in [0.05, 0.1) is 38.1 Å². The van der Waals surface area contributed by atoms with E-state index < -0.39 is 17.7 Å². The molecule has 3 aromatic rings. The van der Waals surface area contributed by atoms with Gasteiger partial charge in [0.25, 0.3) is 11.7 Å². The maximum Gasteiger partial charge on any atom is 0.296 e. The highest BCUT2D eigenvalue weighted by molar-refractivity contribution is 6.46. The lowest BCUT2D eigenvalue weighted by Crippen LogP contribution is -2.29. The van der Waals surface area contributed by atoms with Crippen molar-refractivity contribution in [2.75, 3.05) is 14.2 Å². The molecule has 0 radical (unpaired) electrons. The number of ketones is 1. The monoisotopic (exact) mass is 430 g/mol. The van der Waals surface area contributed by atoms with Crippen LogP contribution in [0.3, 0.4) is 0 Å². The summed E-state index contributed by atoms with van der Waals surface area (Å²) in [6.45, 7) is 0.116. The lowest BCUT2D eigenvalue weighted by Gasteiger charge is -2.25. The summed E-state index contributed by atoms with van der Waals surface area (Å²) in [5.74, 6) is -1.19. The Hall–Kier alpha value is -4.13. The Bertz CT molecular complexity index is 1150. The van der Waals surface area contributed by atoms with E-state index >= 15 is 0 Å². The molecule has 4 rings (SSSR count). The molecule has 1 amide bonds. The Morgan fingerprint density at radius 1 is 0.938 bits per heavy atom. The van der Waals surface area contributed by atoms with Gasteiger partial charge in [0.15, 0.2) is 0 Å². The summed E-state index contributed by atoms with van der Waals surface area (Å²) in [6, 6.07) is 18.7. The van der Waals surface area contributed by atoms with E-state index in [1.165, 1.54) is 19.1 Å². The fourth-order valence-corrected chi connectivity index (χ4v) is 3.91. The molecule has 1 atom stereocenters. The number of Topliss-reactive ketones (excluding diaryl/α,β-unsaturated/α-hetero) is 1. The number of carbonyl (C=O) groups excluding carboxylic acids is 2. The normalized spacial score (nSPS) is 17.4. The van der Waals surface area contributed by atoms with E-state index in [0.717, 1.165) is 0 Å². The number of nitrogens with zero attached hydrogens (tertiary/aromatic N) is 2. The quantitative estimate of drug-likeness (QED) is 0.364. The van der Waals surface area contributed by atoms with Crippen molar-refractivity contribution in [3.05, 3.63) is 95.3 Å². The summed E-state index contributed by atoms with van der Waals surface area (Å²) in [6.07, 6.45) is 1.63. The molecule has 0 aliphatic carbocycles. The van der Waals surface area contributed by atoms with Gasteiger partial charge in [-0.1, -0.05) is 42.5 Å². The van der Waals surface area contributed by atoms with E-state index in [1.807, 2.05) is 36.4 Å². The van der Waals surface area contributed by atoms with Gasteiger partial charge in [0.1, 0.15) is 22.8 Å². The van der Waals surface area contributed by atoms with Crippen LogP contribution in [0.2, 0.25) is 0 Å². The van der Waals surface area contributed by atoms with Gasteiger partial charge in [-0.2, -0.15) is 0 Å². The number of ether oxygens (including phenoxy) is 2. The zero-order valence-corrected chi connectivity index (χ0v) is 17.7. The summed E-state index contributed by atoms with van der Waals surface area (Å²) >= 11 is 0. The number of benzene rings is 2. The molecule has 2 heterocycles. The summed E-state index contributed by atoms with van der Waals surface area (Å²) in [5, 5.41) is 11.4. The lowest BCUT2D eigenvalue weighted by molar-refractivity contribution is -0.140. The molecular weight excluding hydrogens is 408 g/mol. The van der Waals surface area contributed by atoms with Crippen molar-refractivity contribution in [1.82, 2.24) is 9.88 Å². The number of aromatic nitrogens is 1. The van der Waals surface area contributed by atoms with E-state index in [4.69, 9.17) is 9.47 Å². The molecular formula is C25H22N2O5. The van der Waals surface area contributed by atoms with E-state index in [9.17, 15) is 14.7 Å². The third kappa shape index (κ3) is 3.69. The molecule has 1 fully saturated rings. The number of aliphatic hydroxyl groups is 1. The van der Waals surface area contributed by atoms with Crippen LogP contribution in [0.1, 0.15) is 22.9 Å². The highest BCUT2D eigenvalue weighted by Crippen LogP contribution is 2.43. The van der Waals surface area contributed by atoms with Gasteiger partial charge in [0.2, 0.25) is 0 Å². The molecule has 1 saturated heterocycles. The first kappa shape index (κ1) is 21.1. The molecule has 0 saturated carbocycles. The predicted molar refractivity (Wildman–Crippen MR) is 118 cm³/mol. The predicted octanol–water partition coefficient (Wildman–Crippen LogP) is 3.72. The fourth-order valence-electron chi connectivity index (χ4n) is 3.91. The van der Waals surface area contributed by atoms with Crippen molar-refractivity contribution in [3.63, 3.8) is 0 Å². The Labute approximate surface area is 185 Å². The average Bonchev–Trinajstić information content (AvgIpc) is 3.09. The molecule has 1 aliphatic heterocycles. The largest absolute Gasteiger partial charge is 0.506 e. The van der Waals surface area contributed by atoms with Crippen LogP contribution in [0, 0.1) is 0 Å². The minimum absolute atomic E-state index is 0.0278. The molecule has 7 heteroatoms. The van der Waals surface area contributed by atoms with Crippen LogP contribution in [0.5, 0.6) is 11.5 Å². The van der Waals surface area contributed by atoms with Crippen LogP contribution in [0.4, 0.5) is 0 Å². The van der Waals surface area contributed by atoms with Crippen LogP contribution in [-0.2, 0) is 16.1 Å². The maximum atomic E-state index is 13.2. The molecule has 1 unspecified atom stereocenters. The third-order valence-corrected chi connectivity index (χ3v) is 5.38. The third-order valence-electron chi connectivity index (χ3n) is 5.38. The first-order valence-electron chi connectivity index (χ1n) is 10.0. The number of amides is 1. The van der Waals surface area contributed by atoms with E-state index in [0.29, 0.717) is 22.8 Å². The van der Waals surface area contributed by atoms with E-state index in [2.05, 4.69) is 4.98 Å². The zero-order valence-electron chi connectivity index (χ0n) is 17.7. The summed E-state index contributed by atoms with van der Waals surface area (Å²) in [5.41, 5.74) is 1.51. The molecule has 0 spiro atoms. The number of methoxy groups -OCH3 is 2. The highest BCUT2D eigenvalue weighted by Gasteiger charge is 2.46. The minimum Gasteiger partial charge on any atom is -0.506 e. The molecule has 1 aromatic heterocycles. The van der Waals surface area contributed by atoms with Crippen molar-refractivity contribution < 1.29 is 24.2 Å². The lowest BCUT2D eigenvalue weighted by atomic mass is 9.94. The van der Waals surface area contributed by atoms with Crippen LogP contribution in [-0.4, -0.2) is 40.9 Å². The summed E-state index contributed by atoms with van der Waals surface area (Å²) < 4.78 is 10.8. The number of carbonyl (C=O) groups is 2. The van der Waals surface area contributed by atoms with Gasteiger partial charge in [0, 0.05) is 6.20 Å². The highest BCUT2D eigenvalue weighted by atomic mass is 16.5. The first-order valence-corrected chi connectivity index (χ1v) is 10.0. The van der Waals surface area contributed by atoms with Crippen molar-refractivity contribution in [1.29, 1.82) is 0 Å². The number of aliphatic hydroxyl groups excluding tert-OH is 1. The number of pyridine rings is 1. The number of hydrogen-bond acceptors (Lipinski definition) is 6. The van der Waals surface area contributed by atoms with Gasteiger partial charge in [-0.05, 0) is 29.8 Å². The molecule has 0 bridgehead atoms. The second-order valence-corrected chi connectivity index (χ2v) is 7.20. The van der Waals surface area contributed by atoms with Crippen molar-refractivity contribution in [2.45, 2.75) is 12.6 Å². The smallest absolute Gasteiger partial charge is 0.296 e. The molecule has 1 aliphatic rings. The average molecular weight is 430 g/mol. The Balaban J connectivity index is 1.92. The summed E-state index contributed by atoms with van der Waals surface area (Å²) in [7, 11) is 2.92. The molecule has 2 aromatic carbocycles. The van der Waals surface area contributed by atoms with Crippen LogP contribution >= 0.6 is 0 Å². The fraction of sp³-hybridized carbons (Fsp3) is 0.160. The minimum atomic E-state index is -0.798. The van der Waals surface area contributed by atoms with Crippen LogP contribution < -0.4 is 9.47 Å². The van der Waals surface area contributed by atoms with Gasteiger partial charge in [-0.3, -0.25) is 14.6 Å². The first-order chi connectivity index (χ1) is 15.6. The molecule has 162 valence electrons. The SMILES string of the molecule is COc1cccc(OC)c1/C(O)=C1\C(=O)C(=O)N(Cc2ccccn2)C1c1ccccc1. The summed E-state index contributed by atoms with van der Waals surface area (Å²) in [4.78, 5) is 32.0. The Kier molecular flexibility index (Phi) is 5.89. The van der Waals surface area contributed by atoms with Crippen molar-refractivity contribution in [3.8, 4) is 11.5 Å². The maximum absolute atomic E-state index is 13.2. The van der Waals surface area contributed by atoms with Crippen LogP contribution in [0.25, 0.3) is 5.76 Å². The standard InChI is InChI=1S/C25H22N2O5/c1-31-18-12-8-13-19(32-2)20(18)23(28)21-22(16-9-4-3-5-10-16)27(25(30)24(21)29)15-17-11-6-7-14-26-17/h3-14,22,28H,15H2,1-2H3/b23-21+. The zero-order chi connectivity index (χ0) is 22.7. The topological polar surface area (TPSA) is 89.0 Å². The Morgan fingerprint density at radius 3 is 2.19 bits per heavy atom.